The second-order valence-electron chi connectivity index (χ2n) is 7.04. The van der Waals surface area contributed by atoms with E-state index in [1.54, 1.807) is 0 Å². The highest BCUT2D eigenvalue weighted by Crippen LogP contribution is 2.49. The van der Waals surface area contributed by atoms with Gasteiger partial charge in [-0.15, -0.1) is 0 Å². The highest BCUT2D eigenvalue weighted by atomic mass is 16.5. The molecule has 0 aromatic heterocycles. The lowest BCUT2D eigenvalue weighted by Crippen LogP contribution is -2.75. The topological polar surface area (TPSA) is 93.4 Å². The number of hydrogen-bond donors (Lipinski definition) is 3. The van der Waals surface area contributed by atoms with Crippen molar-refractivity contribution in [2.45, 2.75) is 70.6 Å². The van der Waals surface area contributed by atoms with Gasteiger partial charge in [0.05, 0.1) is 6.10 Å². The number of hydrogen-bond acceptors (Lipinski definition) is 4. The van der Waals surface area contributed by atoms with Crippen LogP contribution in [0, 0.1) is 5.41 Å². The summed E-state index contributed by atoms with van der Waals surface area (Å²) in [7, 11) is 0. The number of carbonyl (C=O) groups excluding carboxylic acids is 2. The molecule has 2 fully saturated rings. The Morgan fingerprint density at radius 1 is 1.32 bits per heavy atom. The van der Waals surface area contributed by atoms with Crippen molar-refractivity contribution < 1.29 is 14.3 Å². The molecular weight excluding hydrogens is 282 g/mol. The van der Waals surface area contributed by atoms with Crippen molar-refractivity contribution in [3.05, 3.63) is 0 Å². The Morgan fingerprint density at radius 2 is 2.00 bits per heavy atom. The largest absolute Gasteiger partial charge is 0.378 e. The fraction of sp³-hybridized carbons (Fsp3) is 0.875. The lowest BCUT2D eigenvalue weighted by molar-refractivity contribution is -0.170. The molecule has 0 aromatic carbocycles. The summed E-state index contributed by atoms with van der Waals surface area (Å²) in [6.45, 7) is 6.99. The van der Waals surface area contributed by atoms with E-state index in [4.69, 9.17) is 10.5 Å². The summed E-state index contributed by atoms with van der Waals surface area (Å²) in [4.78, 5) is 23.9. The van der Waals surface area contributed by atoms with E-state index in [2.05, 4.69) is 10.6 Å². The second-order valence-corrected chi connectivity index (χ2v) is 7.04. The van der Waals surface area contributed by atoms with Gasteiger partial charge in [-0.3, -0.25) is 9.59 Å². The Morgan fingerprint density at radius 3 is 2.55 bits per heavy atom. The van der Waals surface area contributed by atoms with Crippen LogP contribution in [0.15, 0.2) is 0 Å². The molecule has 0 aliphatic heterocycles. The first-order chi connectivity index (χ1) is 10.3. The van der Waals surface area contributed by atoms with Gasteiger partial charge in [0, 0.05) is 37.5 Å². The Labute approximate surface area is 132 Å². The van der Waals surface area contributed by atoms with Crippen LogP contribution in [0.5, 0.6) is 0 Å². The highest BCUT2D eigenvalue weighted by molar-refractivity contribution is 5.88. The van der Waals surface area contributed by atoms with Gasteiger partial charge < -0.3 is 21.1 Å². The van der Waals surface area contributed by atoms with Crippen molar-refractivity contribution in [2.24, 2.45) is 11.1 Å². The lowest BCUT2D eigenvalue weighted by Gasteiger charge is -2.57. The molecule has 2 amide bonds. The maximum atomic E-state index is 12.4. The zero-order chi connectivity index (χ0) is 16.4. The molecule has 6 heteroatoms. The molecule has 4 N–H and O–H groups in total. The fourth-order valence-corrected chi connectivity index (χ4v) is 2.96. The summed E-state index contributed by atoms with van der Waals surface area (Å²) >= 11 is 0. The minimum atomic E-state index is -0.886. The summed E-state index contributed by atoms with van der Waals surface area (Å²) in [6, 6.07) is 0.390. The average Bonchev–Trinajstić information content (AvgIpc) is 3.26. The van der Waals surface area contributed by atoms with Crippen LogP contribution >= 0.6 is 0 Å². The monoisotopic (exact) mass is 311 g/mol. The molecule has 0 saturated heterocycles. The van der Waals surface area contributed by atoms with Crippen molar-refractivity contribution in [3.8, 4) is 0 Å². The van der Waals surface area contributed by atoms with Gasteiger partial charge in [-0.1, -0.05) is 13.8 Å². The number of amides is 2. The third kappa shape index (κ3) is 3.43. The molecule has 0 heterocycles. The van der Waals surface area contributed by atoms with Crippen LogP contribution < -0.4 is 16.4 Å². The Kier molecular flexibility index (Phi) is 5.12. The predicted molar refractivity (Wildman–Crippen MR) is 84.1 cm³/mol. The summed E-state index contributed by atoms with van der Waals surface area (Å²) in [5.74, 6) is -0.0735. The van der Waals surface area contributed by atoms with Gasteiger partial charge in [0.25, 0.3) is 0 Å². The zero-order valence-corrected chi connectivity index (χ0v) is 13.9. The zero-order valence-electron chi connectivity index (χ0n) is 13.9. The number of nitrogens with one attached hydrogen (secondary N) is 2. The van der Waals surface area contributed by atoms with E-state index in [1.807, 2.05) is 20.8 Å². The van der Waals surface area contributed by atoms with Crippen LogP contribution in [0.4, 0.5) is 0 Å². The molecule has 0 radical (unpaired) electrons. The molecule has 0 bridgehead atoms. The van der Waals surface area contributed by atoms with E-state index < -0.39 is 5.54 Å². The first kappa shape index (κ1) is 17.2. The maximum Gasteiger partial charge on any atom is 0.240 e. The molecular formula is C16H29N3O3. The van der Waals surface area contributed by atoms with E-state index in [0.717, 1.165) is 12.8 Å². The molecule has 126 valence electrons. The summed E-state index contributed by atoms with van der Waals surface area (Å²) in [6.07, 6.45) is 3.83. The number of carbonyl (C=O) groups is 2. The van der Waals surface area contributed by atoms with Crippen molar-refractivity contribution >= 4 is 11.8 Å². The SMILES string of the molecule is CCOC1CC(N)(C(=O)NCCCC(=O)NC2CC2)C1(C)C. The highest BCUT2D eigenvalue weighted by Gasteiger charge is 2.62. The van der Waals surface area contributed by atoms with Crippen LogP contribution in [0.3, 0.4) is 0 Å². The van der Waals surface area contributed by atoms with Crippen molar-refractivity contribution in [1.29, 1.82) is 0 Å². The predicted octanol–water partition coefficient (Wildman–Crippen LogP) is 0.694. The molecule has 2 rings (SSSR count). The van der Waals surface area contributed by atoms with E-state index in [1.165, 1.54) is 0 Å². The minimum absolute atomic E-state index is 0.0255. The molecule has 6 nitrogen and oxygen atoms in total. The van der Waals surface area contributed by atoms with Crippen LogP contribution in [-0.2, 0) is 14.3 Å². The van der Waals surface area contributed by atoms with Crippen molar-refractivity contribution in [3.63, 3.8) is 0 Å². The summed E-state index contributed by atoms with van der Waals surface area (Å²) in [5.41, 5.74) is 5.03. The molecule has 2 aliphatic carbocycles. The number of rotatable bonds is 8. The molecule has 2 unspecified atom stereocenters. The third-order valence-corrected chi connectivity index (χ3v) is 5.04. The van der Waals surface area contributed by atoms with E-state index >= 15 is 0 Å². The second kappa shape index (κ2) is 6.54. The quantitative estimate of drug-likeness (QED) is 0.575. The third-order valence-electron chi connectivity index (χ3n) is 5.04. The van der Waals surface area contributed by atoms with Crippen LogP contribution in [0.1, 0.15) is 52.9 Å². The normalized spacial score (nSPS) is 29.5. The van der Waals surface area contributed by atoms with Gasteiger partial charge in [0.2, 0.25) is 11.8 Å². The molecule has 0 spiro atoms. The molecule has 2 aliphatic rings. The van der Waals surface area contributed by atoms with Gasteiger partial charge in [0.1, 0.15) is 5.54 Å². The van der Waals surface area contributed by atoms with Gasteiger partial charge in [-0.2, -0.15) is 0 Å². The van der Waals surface area contributed by atoms with Crippen LogP contribution in [0.2, 0.25) is 0 Å². The standard InChI is InChI=1S/C16H29N3O3/c1-4-22-12-10-16(17,15(12,2)3)14(21)18-9-5-6-13(20)19-11-7-8-11/h11-12H,4-10,17H2,1-3H3,(H,18,21)(H,19,20). The average molecular weight is 311 g/mol. The Hall–Kier alpha value is -1.14. The van der Waals surface area contributed by atoms with Gasteiger partial charge in [0.15, 0.2) is 0 Å². The van der Waals surface area contributed by atoms with Crippen LogP contribution in [0.25, 0.3) is 0 Å². The molecule has 2 saturated carbocycles. The molecule has 0 aromatic rings. The first-order valence-electron chi connectivity index (χ1n) is 8.29. The number of nitrogens with two attached hydrogens (primary N) is 1. The molecule has 2 atom stereocenters. The van der Waals surface area contributed by atoms with Crippen molar-refractivity contribution in [2.75, 3.05) is 13.2 Å². The van der Waals surface area contributed by atoms with Crippen LogP contribution in [-0.4, -0.2) is 42.7 Å². The molecule has 22 heavy (non-hydrogen) atoms. The van der Waals surface area contributed by atoms with E-state index in [9.17, 15) is 9.59 Å². The van der Waals surface area contributed by atoms with E-state index in [-0.39, 0.29) is 23.3 Å². The smallest absolute Gasteiger partial charge is 0.240 e. The minimum Gasteiger partial charge on any atom is -0.378 e. The van der Waals surface area contributed by atoms with Gasteiger partial charge in [-0.25, -0.2) is 0 Å². The van der Waals surface area contributed by atoms with Gasteiger partial charge in [-0.05, 0) is 26.2 Å². The Balaban J connectivity index is 1.69. The number of ether oxygens (including phenoxy) is 1. The summed E-state index contributed by atoms with van der Waals surface area (Å²) in [5, 5.41) is 5.80. The first-order valence-corrected chi connectivity index (χ1v) is 8.29. The lowest BCUT2D eigenvalue weighted by atomic mass is 9.54. The van der Waals surface area contributed by atoms with Crippen molar-refractivity contribution in [1.82, 2.24) is 10.6 Å². The summed E-state index contributed by atoms with van der Waals surface area (Å²) < 4.78 is 5.63. The maximum absolute atomic E-state index is 12.4. The van der Waals surface area contributed by atoms with E-state index in [0.29, 0.717) is 38.5 Å². The fourth-order valence-electron chi connectivity index (χ4n) is 2.96. The Bertz CT molecular complexity index is 434. The van der Waals surface area contributed by atoms with Gasteiger partial charge >= 0.3 is 0 Å².